The van der Waals surface area contributed by atoms with Crippen molar-refractivity contribution in [1.29, 1.82) is 0 Å². The van der Waals surface area contributed by atoms with E-state index in [1.165, 1.54) is 12.1 Å². The molecule has 7 heteroatoms. The largest absolute Gasteiger partial charge is 0.301 e. The van der Waals surface area contributed by atoms with Crippen molar-refractivity contribution in [2.24, 2.45) is 0 Å². The van der Waals surface area contributed by atoms with Crippen LogP contribution in [0.4, 0.5) is 0 Å². The highest BCUT2D eigenvalue weighted by Crippen LogP contribution is 2.30. The Balaban J connectivity index is 2.03. The van der Waals surface area contributed by atoms with E-state index in [-0.39, 0.29) is 11.1 Å². The summed E-state index contributed by atoms with van der Waals surface area (Å²) in [6.07, 6.45) is 0.433. The van der Waals surface area contributed by atoms with E-state index < -0.39 is 35.2 Å². The van der Waals surface area contributed by atoms with E-state index in [0.717, 1.165) is 4.90 Å². The van der Waals surface area contributed by atoms with Crippen LogP contribution in [0.2, 0.25) is 0 Å². The third-order valence-corrected chi connectivity index (χ3v) is 4.25. The summed E-state index contributed by atoms with van der Waals surface area (Å²) in [6.45, 7) is -0.569. The van der Waals surface area contributed by atoms with Crippen molar-refractivity contribution in [2.75, 3.05) is 6.54 Å². The number of nitro groups is 1. The van der Waals surface area contributed by atoms with E-state index in [1.807, 2.05) is 0 Å². The Hall–Kier alpha value is -3.35. The molecule has 0 bridgehead atoms. The van der Waals surface area contributed by atoms with Crippen LogP contribution in [-0.2, 0) is 4.79 Å². The Bertz CT molecular complexity index is 815. The molecule has 2 atom stereocenters. The van der Waals surface area contributed by atoms with Crippen LogP contribution in [0.25, 0.3) is 0 Å². The van der Waals surface area contributed by atoms with Crippen molar-refractivity contribution in [3.05, 3.63) is 81.4 Å². The fraction of sp³-hybridized carbons (Fsp3) is 0.167. The predicted molar refractivity (Wildman–Crippen MR) is 87.8 cm³/mol. The molecular formula is C18H14N2O5. The second kappa shape index (κ2) is 6.64. The Morgan fingerprint density at radius 3 is 1.96 bits per heavy atom. The van der Waals surface area contributed by atoms with Gasteiger partial charge in [0, 0.05) is 4.92 Å². The summed E-state index contributed by atoms with van der Waals surface area (Å²) in [4.78, 5) is 48.4. The van der Waals surface area contributed by atoms with Crippen molar-refractivity contribution in [1.82, 2.24) is 4.90 Å². The van der Waals surface area contributed by atoms with Gasteiger partial charge in [-0.2, -0.15) is 0 Å². The van der Waals surface area contributed by atoms with Crippen molar-refractivity contribution >= 4 is 18.1 Å². The molecule has 0 saturated carbocycles. The minimum atomic E-state index is -1.25. The molecule has 0 radical (unpaired) electrons. The SMILES string of the molecule is O=CC(C(C[N+](=O)[O-])c1ccccc1)N1C(=O)c2ccccc2C1=O. The molecule has 2 aromatic carbocycles. The van der Waals surface area contributed by atoms with E-state index in [1.54, 1.807) is 42.5 Å². The second-order valence-corrected chi connectivity index (χ2v) is 5.69. The monoisotopic (exact) mass is 338 g/mol. The summed E-state index contributed by atoms with van der Waals surface area (Å²) >= 11 is 0. The van der Waals surface area contributed by atoms with Gasteiger partial charge in [-0.3, -0.25) is 24.6 Å². The highest BCUT2D eigenvalue weighted by Gasteiger charge is 2.44. The van der Waals surface area contributed by atoms with Crippen LogP contribution in [0.3, 0.4) is 0 Å². The Morgan fingerprint density at radius 2 is 1.48 bits per heavy atom. The number of imide groups is 1. The average Bonchev–Trinajstić information content (AvgIpc) is 2.87. The first kappa shape index (κ1) is 16.5. The third kappa shape index (κ3) is 2.91. The molecule has 1 aliphatic rings. The molecule has 0 aliphatic carbocycles. The lowest BCUT2D eigenvalue weighted by atomic mass is 9.91. The Labute approximate surface area is 143 Å². The van der Waals surface area contributed by atoms with Crippen molar-refractivity contribution < 1.29 is 19.3 Å². The molecule has 0 aromatic heterocycles. The van der Waals surface area contributed by atoms with Gasteiger partial charge < -0.3 is 4.79 Å². The number of carbonyl (C=O) groups is 3. The molecule has 126 valence electrons. The lowest BCUT2D eigenvalue weighted by Crippen LogP contribution is -2.46. The molecule has 1 heterocycles. The molecule has 0 fully saturated rings. The number of rotatable bonds is 6. The lowest BCUT2D eigenvalue weighted by molar-refractivity contribution is -0.484. The van der Waals surface area contributed by atoms with Gasteiger partial charge in [-0.25, -0.2) is 0 Å². The molecule has 0 N–H and O–H groups in total. The van der Waals surface area contributed by atoms with E-state index in [0.29, 0.717) is 11.8 Å². The Kier molecular flexibility index (Phi) is 4.38. The first-order chi connectivity index (χ1) is 12.0. The molecule has 2 aromatic rings. The van der Waals surface area contributed by atoms with E-state index >= 15 is 0 Å². The molecule has 2 amide bonds. The maximum atomic E-state index is 12.6. The zero-order chi connectivity index (χ0) is 18.0. The van der Waals surface area contributed by atoms with Gasteiger partial charge in [0.25, 0.3) is 11.8 Å². The van der Waals surface area contributed by atoms with Crippen molar-refractivity contribution in [3.63, 3.8) is 0 Å². The third-order valence-electron chi connectivity index (χ3n) is 4.25. The van der Waals surface area contributed by atoms with Crippen LogP contribution < -0.4 is 0 Å². The number of amides is 2. The molecule has 25 heavy (non-hydrogen) atoms. The van der Waals surface area contributed by atoms with E-state index in [9.17, 15) is 24.5 Å². The first-order valence-electron chi connectivity index (χ1n) is 7.63. The van der Waals surface area contributed by atoms with Gasteiger partial charge in [0.15, 0.2) is 0 Å². The fourth-order valence-electron chi connectivity index (χ4n) is 3.09. The van der Waals surface area contributed by atoms with Gasteiger partial charge in [-0.05, 0) is 17.7 Å². The predicted octanol–water partition coefficient (Wildman–Crippen LogP) is 1.91. The highest BCUT2D eigenvalue weighted by molar-refractivity contribution is 6.22. The van der Waals surface area contributed by atoms with Gasteiger partial charge in [0.05, 0.1) is 17.0 Å². The number of hydrogen-bond donors (Lipinski definition) is 0. The minimum absolute atomic E-state index is 0.201. The lowest BCUT2D eigenvalue weighted by Gasteiger charge is -2.27. The van der Waals surface area contributed by atoms with Gasteiger partial charge in [0.1, 0.15) is 12.3 Å². The average molecular weight is 338 g/mol. The number of aldehydes is 1. The summed E-state index contributed by atoms with van der Waals surface area (Å²) in [7, 11) is 0. The summed E-state index contributed by atoms with van der Waals surface area (Å²) in [5.74, 6) is -2.14. The number of fused-ring (bicyclic) bond motifs is 1. The summed E-state index contributed by atoms with van der Waals surface area (Å²) in [6, 6.07) is 13.4. The molecule has 2 unspecified atom stereocenters. The zero-order valence-electron chi connectivity index (χ0n) is 13.1. The minimum Gasteiger partial charge on any atom is -0.301 e. The zero-order valence-corrected chi connectivity index (χ0v) is 13.1. The highest BCUT2D eigenvalue weighted by atomic mass is 16.6. The first-order valence-corrected chi connectivity index (χ1v) is 7.63. The molecule has 1 aliphatic heterocycles. The smallest absolute Gasteiger partial charge is 0.262 e. The quantitative estimate of drug-likeness (QED) is 0.347. The number of carbonyl (C=O) groups excluding carboxylic acids is 3. The van der Waals surface area contributed by atoms with Crippen LogP contribution in [-0.4, -0.2) is 40.5 Å². The molecule has 7 nitrogen and oxygen atoms in total. The van der Waals surface area contributed by atoms with Gasteiger partial charge >= 0.3 is 0 Å². The maximum Gasteiger partial charge on any atom is 0.262 e. The van der Waals surface area contributed by atoms with Crippen molar-refractivity contribution in [3.8, 4) is 0 Å². The number of nitrogens with zero attached hydrogens (tertiary/aromatic N) is 2. The van der Waals surface area contributed by atoms with Crippen LogP contribution in [0, 0.1) is 10.1 Å². The van der Waals surface area contributed by atoms with Crippen LogP contribution in [0.1, 0.15) is 32.2 Å². The van der Waals surface area contributed by atoms with E-state index in [4.69, 9.17) is 0 Å². The number of benzene rings is 2. The summed E-state index contributed by atoms with van der Waals surface area (Å²) in [5.41, 5.74) is 0.924. The Morgan fingerprint density at radius 1 is 0.960 bits per heavy atom. The van der Waals surface area contributed by atoms with Crippen LogP contribution >= 0.6 is 0 Å². The second-order valence-electron chi connectivity index (χ2n) is 5.69. The summed E-state index contributed by atoms with van der Waals surface area (Å²) in [5, 5.41) is 11.1. The van der Waals surface area contributed by atoms with E-state index in [2.05, 4.69) is 0 Å². The molecule has 0 saturated heterocycles. The topological polar surface area (TPSA) is 97.6 Å². The normalized spacial score (nSPS) is 15.6. The van der Waals surface area contributed by atoms with Crippen molar-refractivity contribution in [2.45, 2.75) is 12.0 Å². The van der Waals surface area contributed by atoms with Crippen LogP contribution in [0.5, 0.6) is 0 Å². The standard InChI is InChI=1S/C18H14N2O5/c21-11-16(15(10-19(24)25)12-6-2-1-3-7-12)20-17(22)13-8-4-5-9-14(13)18(20)23/h1-9,11,15-16H,10H2. The summed E-state index contributed by atoms with van der Waals surface area (Å²) < 4.78 is 0. The van der Waals surface area contributed by atoms with Crippen LogP contribution in [0.15, 0.2) is 54.6 Å². The maximum absolute atomic E-state index is 12.6. The fourth-order valence-corrected chi connectivity index (χ4v) is 3.09. The van der Waals surface area contributed by atoms with Gasteiger partial charge in [-0.1, -0.05) is 42.5 Å². The molecule has 0 spiro atoms. The van der Waals surface area contributed by atoms with Gasteiger partial charge in [-0.15, -0.1) is 0 Å². The molecular weight excluding hydrogens is 324 g/mol. The molecule has 3 rings (SSSR count). The number of hydrogen-bond acceptors (Lipinski definition) is 5. The van der Waals surface area contributed by atoms with Gasteiger partial charge in [0.2, 0.25) is 6.54 Å².